The summed E-state index contributed by atoms with van der Waals surface area (Å²) in [7, 11) is 1.55. The van der Waals surface area contributed by atoms with Gasteiger partial charge in [0.1, 0.15) is 19.0 Å². The number of aromatic nitrogens is 2. The summed E-state index contributed by atoms with van der Waals surface area (Å²) in [6.07, 6.45) is 1.86. The fraction of sp³-hybridized carbons (Fsp3) is 0.250. The first-order valence-electron chi connectivity index (χ1n) is 7.49. The molecule has 0 fully saturated rings. The largest absolute Gasteiger partial charge is 0.461 e. The van der Waals surface area contributed by atoms with Gasteiger partial charge in [0.15, 0.2) is 5.96 Å². The lowest BCUT2D eigenvalue weighted by molar-refractivity contribution is 0.141. The van der Waals surface area contributed by atoms with Gasteiger partial charge in [-0.15, -0.1) is 4.99 Å². The number of benzene rings is 1. The molecule has 0 atom stereocenters. The number of hydrogen-bond donors (Lipinski definition) is 2. The monoisotopic (exact) mass is 363 g/mol. The Morgan fingerprint density at radius 1 is 1.23 bits per heavy atom. The molecule has 2 rings (SSSR count). The van der Waals surface area contributed by atoms with Gasteiger partial charge in [-0.3, -0.25) is 0 Å². The van der Waals surface area contributed by atoms with E-state index < -0.39 is 17.9 Å². The molecular weight excluding hydrogens is 345 g/mol. The van der Waals surface area contributed by atoms with Crippen molar-refractivity contribution in [3.63, 3.8) is 0 Å². The first-order chi connectivity index (χ1) is 12.5. The third-order valence-electron chi connectivity index (χ3n) is 3.11. The SMILES string of the molecule is COCCOc1ncc(-c2cccc(COC(=O)N=C(N)N)c2F)cn1. The second kappa shape index (κ2) is 9.28. The third-order valence-corrected chi connectivity index (χ3v) is 3.11. The fourth-order valence-corrected chi connectivity index (χ4v) is 1.94. The van der Waals surface area contributed by atoms with Gasteiger partial charge in [0.25, 0.3) is 0 Å². The summed E-state index contributed by atoms with van der Waals surface area (Å²) in [6.45, 7) is 0.384. The Labute approximate surface area is 148 Å². The number of nitrogens with two attached hydrogens (primary N) is 2. The molecule has 0 aliphatic heterocycles. The summed E-state index contributed by atoms with van der Waals surface area (Å²) in [5.41, 5.74) is 11.0. The average Bonchev–Trinajstić information content (AvgIpc) is 2.61. The van der Waals surface area contributed by atoms with Crippen LogP contribution in [0.15, 0.2) is 35.6 Å². The van der Waals surface area contributed by atoms with Crippen LogP contribution < -0.4 is 16.2 Å². The van der Waals surface area contributed by atoms with Crippen LogP contribution in [0, 0.1) is 5.82 Å². The molecule has 4 N–H and O–H groups in total. The van der Waals surface area contributed by atoms with Gasteiger partial charge in [0.2, 0.25) is 0 Å². The van der Waals surface area contributed by atoms with Gasteiger partial charge in [-0.05, 0) is 0 Å². The molecule has 1 aromatic carbocycles. The van der Waals surface area contributed by atoms with E-state index in [1.54, 1.807) is 19.2 Å². The second-order valence-corrected chi connectivity index (χ2v) is 4.97. The summed E-state index contributed by atoms with van der Waals surface area (Å²) in [4.78, 5) is 22.5. The lowest BCUT2D eigenvalue weighted by Crippen LogP contribution is -2.24. The van der Waals surface area contributed by atoms with Crippen LogP contribution in [-0.4, -0.2) is 42.3 Å². The van der Waals surface area contributed by atoms with Crippen molar-refractivity contribution >= 4 is 12.1 Å². The van der Waals surface area contributed by atoms with E-state index in [1.807, 2.05) is 0 Å². The predicted octanol–water partition coefficient (Wildman–Crippen LogP) is 1.22. The van der Waals surface area contributed by atoms with Crippen LogP contribution in [0.2, 0.25) is 0 Å². The number of aliphatic imine (C=N–C) groups is 1. The number of amides is 1. The van der Waals surface area contributed by atoms with Crippen molar-refractivity contribution in [2.24, 2.45) is 16.5 Å². The summed E-state index contributed by atoms with van der Waals surface area (Å²) >= 11 is 0. The zero-order valence-corrected chi connectivity index (χ0v) is 14.0. The highest BCUT2D eigenvalue weighted by atomic mass is 19.1. The Bertz CT molecular complexity index is 779. The van der Waals surface area contributed by atoms with Crippen molar-refractivity contribution in [1.29, 1.82) is 0 Å². The average molecular weight is 363 g/mol. The van der Waals surface area contributed by atoms with E-state index in [4.69, 9.17) is 25.7 Å². The van der Waals surface area contributed by atoms with Crippen LogP contribution in [0.5, 0.6) is 6.01 Å². The van der Waals surface area contributed by atoms with E-state index in [0.717, 1.165) is 0 Å². The van der Waals surface area contributed by atoms with Gasteiger partial charge in [-0.25, -0.2) is 19.2 Å². The molecule has 10 heteroatoms. The molecule has 1 amide bonds. The molecule has 0 aliphatic rings. The van der Waals surface area contributed by atoms with Crippen LogP contribution >= 0.6 is 0 Å². The number of rotatable bonds is 7. The van der Waals surface area contributed by atoms with Crippen LogP contribution in [0.1, 0.15) is 5.56 Å². The van der Waals surface area contributed by atoms with Crippen molar-refractivity contribution in [1.82, 2.24) is 9.97 Å². The maximum Gasteiger partial charge on any atom is 0.437 e. The highest BCUT2D eigenvalue weighted by Gasteiger charge is 2.13. The molecule has 0 saturated heterocycles. The van der Waals surface area contributed by atoms with Crippen molar-refractivity contribution in [2.75, 3.05) is 20.3 Å². The van der Waals surface area contributed by atoms with Crippen LogP contribution in [0.3, 0.4) is 0 Å². The van der Waals surface area contributed by atoms with E-state index in [0.29, 0.717) is 18.8 Å². The molecule has 1 heterocycles. The van der Waals surface area contributed by atoms with E-state index >= 15 is 0 Å². The van der Waals surface area contributed by atoms with Crippen LogP contribution in [0.4, 0.5) is 9.18 Å². The van der Waals surface area contributed by atoms with Crippen LogP contribution in [-0.2, 0) is 16.1 Å². The number of halogens is 1. The third kappa shape index (κ3) is 5.38. The zero-order valence-electron chi connectivity index (χ0n) is 14.0. The molecule has 0 spiro atoms. The van der Waals surface area contributed by atoms with Gasteiger partial charge in [0.05, 0.1) is 6.61 Å². The molecule has 0 radical (unpaired) electrons. The normalized spacial score (nSPS) is 10.2. The number of methoxy groups -OCH3 is 1. The van der Waals surface area contributed by atoms with Gasteiger partial charge in [0, 0.05) is 36.2 Å². The standard InChI is InChI=1S/C16H18FN5O4/c1-24-5-6-25-15-20-7-11(8-21-15)12-4-2-3-10(13(12)17)9-26-16(23)22-14(18)19/h2-4,7-8H,5-6,9H2,1H3,(H4,18,19,22,23). The molecule has 1 aromatic heterocycles. The summed E-state index contributed by atoms with van der Waals surface area (Å²) < 4.78 is 29.6. The number of carbonyl (C=O) groups is 1. The Kier molecular flexibility index (Phi) is 6.80. The van der Waals surface area contributed by atoms with Crippen molar-refractivity contribution in [3.8, 4) is 17.1 Å². The number of guanidine groups is 1. The number of carbonyl (C=O) groups excluding carboxylic acids is 1. The molecule has 0 bridgehead atoms. The molecule has 2 aromatic rings. The van der Waals surface area contributed by atoms with Crippen molar-refractivity contribution in [2.45, 2.75) is 6.61 Å². The Balaban J connectivity index is 2.10. The predicted molar refractivity (Wildman–Crippen MR) is 90.8 cm³/mol. The van der Waals surface area contributed by atoms with Gasteiger partial charge in [-0.2, -0.15) is 0 Å². The zero-order chi connectivity index (χ0) is 18.9. The Hall–Kier alpha value is -3.27. The number of hydrogen-bond acceptors (Lipinski definition) is 6. The lowest BCUT2D eigenvalue weighted by atomic mass is 10.1. The summed E-state index contributed by atoms with van der Waals surface area (Å²) in [6, 6.07) is 4.81. The van der Waals surface area contributed by atoms with E-state index in [-0.39, 0.29) is 23.7 Å². The maximum atomic E-state index is 14.6. The van der Waals surface area contributed by atoms with Gasteiger partial charge < -0.3 is 25.7 Å². The minimum absolute atomic E-state index is 0.155. The highest BCUT2D eigenvalue weighted by molar-refractivity contribution is 5.87. The summed E-state index contributed by atoms with van der Waals surface area (Å²) in [5.74, 6) is -1.00. The molecular formula is C16H18FN5O4. The van der Waals surface area contributed by atoms with Crippen LogP contribution in [0.25, 0.3) is 11.1 Å². The van der Waals surface area contributed by atoms with Gasteiger partial charge >= 0.3 is 12.1 Å². The van der Waals surface area contributed by atoms with Gasteiger partial charge in [-0.1, -0.05) is 18.2 Å². The first-order valence-corrected chi connectivity index (χ1v) is 7.49. The number of ether oxygens (including phenoxy) is 3. The smallest absolute Gasteiger partial charge is 0.437 e. The Morgan fingerprint density at radius 2 is 1.96 bits per heavy atom. The molecule has 138 valence electrons. The van der Waals surface area contributed by atoms with E-state index in [2.05, 4.69) is 15.0 Å². The first kappa shape index (κ1) is 19.1. The quantitative estimate of drug-likeness (QED) is 0.426. The maximum absolute atomic E-state index is 14.6. The molecule has 0 aliphatic carbocycles. The number of nitrogens with zero attached hydrogens (tertiary/aromatic N) is 3. The fourth-order valence-electron chi connectivity index (χ4n) is 1.94. The topological polar surface area (TPSA) is 135 Å². The van der Waals surface area contributed by atoms with Crippen molar-refractivity contribution in [3.05, 3.63) is 42.0 Å². The molecule has 9 nitrogen and oxygen atoms in total. The van der Waals surface area contributed by atoms with E-state index in [9.17, 15) is 9.18 Å². The highest BCUT2D eigenvalue weighted by Crippen LogP contribution is 2.25. The molecule has 0 saturated carbocycles. The van der Waals surface area contributed by atoms with E-state index in [1.165, 1.54) is 18.5 Å². The van der Waals surface area contributed by atoms with Crippen molar-refractivity contribution < 1.29 is 23.4 Å². The molecule has 0 unspecified atom stereocenters. The minimum atomic E-state index is -1.00. The lowest BCUT2D eigenvalue weighted by Gasteiger charge is -2.09. The minimum Gasteiger partial charge on any atom is -0.461 e. The summed E-state index contributed by atoms with van der Waals surface area (Å²) in [5, 5.41) is 0. The molecule has 26 heavy (non-hydrogen) atoms. The second-order valence-electron chi connectivity index (χ2n) is 4.97. The Morgan fingerprint density at radius 3 is 2.62 bits per heavy atom.